The van der Waals surface area contributed by atoms with Crippen LogP contribution in [-0.2, 0) is 17.8 Å². The second-order valence-electron chi connectivity index (χ2n) is 8.02. The first-order chi connectivity index (χ1) is 15.0. The maximum Gasteiger partial charge on any atom is 0.242 e. The first-order valence-corrected chi connectivity index (χ1v) is 11.7. The minimum atomic E-state index is -0.679. The SMILES string of the molecule is CSC[C@H]1CN(Cc2c[nH]c3c(NC(=O)[C@@H](N)Cc4ccccc4)ncnc23)CC1O. The number of anilines is 1. The van der Waals surface area contributed by atoms with Crippen LogP contribution in [0, 0.1) is 5.92 Å². The number of H-pyrrole nitrogens is 1. The summed E-state index contributed by atoms with van der Waals surface area (Å²) in [5.41, 5.74) is 9.57. The maximum atomic E-state index is 12.6. The third kappa shape index (κ3) is 5.07. The van der Waals surface area contributed by atoms with E-state index >= 15 is 0 Å². The van der Waals surface area contributed by atoms with Crippen LogP contribution < -0.4 is 11.1 Å². The number of rotatable bonds is 8. The van der Waals surface area contributed by atoms with Crippen LogP contribution in [0.2, 0.25) is 0 Å². The van der Waals surface area contributed by atoms with Gasteiger partial charge in [-0.25, -0.2) is 9.97 Å². The van der Waals surface area contributed by atoms with E-state index in [0.29, 0.717) is 30.8 Å². The van der Waals surface area contributed by atoms with Gasteiger partial charge in [-0.05, 0) is 24.0 Å². The van der Waals surface area contributed by atoms with Gasteiger partial charge in [0.25, 0.3) is 0 Å². The van der Waals surface area contributed by atoms with Gasteiger partial charge in [0.15, 0.2) is 5.82 Å². The predicted molar refractivity (Wildman–Crippen MR) is 124 cm³/mol. The Morgan fingerprint density at radius 1 is 1.35 bits per heavy atom. The number of nitrogens with two attached hydrogens (primary N) is 1. The molecule has 4 rings (SSSR count). The van der Waals surface area contributed by atoms with Crippen LogP contribution in [0.1, 0.15) is 11.1 Å². The number of carbonyl (C=O) groups is 1. The molecule has 1 unspecified atom stereocenters. The summed E-state index contributed by atoms with van der Waals surface area (Å²) in [6.45, 7) is 2.19. The fourth-order valence-electron chi connectivity index (χ4n) is 4.07. The molecule has 0 aliphatic carbocycles. The van der Waals surface area contributed by atoms with Gasteiger partial charge in [-0.15, -0.1) is 0 Å². The zero-order chi connectivity index (χ0) is 21.8. The number of hydrogen-bond donors (Lipinski definition) is 4. The van der Waals surface area contributed by atoms with Gasteiger partial charge in [0.2, 0.25) is 5.91 Å². The number of aliphatic hydroxyl groups excluding tert-OH is 1. The highest BCUT2D eigenvalue weighted by molar-refractivity contribution is 7.98. The smallest absolute Gasteiger partial charge is 0.242 e. The number of nitrogens with one attached hydrogen (secondary N) is 2. The van der Waals surface area contributed by atoms with E-state index in [1.165, 1.54) is 6.33 Å². The van der Waals surface area contributed by atoms with Crippen molar-refractivity contribution >= 4 is 34.5 Å². The molecular weight excluding hydrogens is 412 g/mol. The van der Waals surface area contributed by atoms with Crippen molar-refractivity contribution in [2.45, 2.75) is 25.1 Å². The highest BCUT2D eigenvalue weighted by atomic mass is 32.2. The molecule has 1 amide bonds. The Morgan fingerprint density at radius 2 is 2.16 bits per heavy atom. The lowest BCUT2D eigenvalue weighted by Crippen LogP contribution is -2.37. The van der Waals surface area contributed by atoms with Gasteiger partial charge in [-0.2, -0.15) is 11.8 Å². The van der Waals surface area contributed by atoms with E-state index < -0.39 is 6.04 Å². The van der Waals surface area contributed by atoms with Crippen molar-refractivity contribution in [3.05, 3.63) is 54.0 Å². The van der Waals surface area contributed by atoms with Gasteiger partial charge < -0.3 is 21.1 Å². The van der Waals surface area contributed by atoms with Gasteiger partial charge >= 0.3 is 0 Å². The summed E-state index contributed by atoms with van der Waals surface area (Å²) >= 11 is 1.76. The number of carbonyl (C=O) groups excluding carboxylic acids is 1. The first kappa shape index (κ1) is 21.8. The summed E-state index contributed by atoms with van der Waals surface area (Å²) in [4.78, 5) is 26.7. The fraction of sp³-hybridized carbons (Fsp3) is 0.409. The molecule has 2 aromatic heterocycles. The molecule has 1 saturated heterocycles. The standard InChI is InChI=1S/C22H28N6O2S/c1-31-12-16-10-28(11-18(16)29)9-15-8-24-20-19(15)25-13-26-21(20)27-22(30)17(23)7-14-5-3-2-4-6-14/h2-6,8,13,16-18,24,29H,7,9-12,23H2,1H3,(H,25,26,27,30)/t16-,17+,18?/m1/s1. The molecule has 8 nitrogen and oxygen atoms in total. The van der Waals surface area contributed by atoms with E-state index in [0.717, 1.165) is 28.9 Å². The number of β-amino-alcohol motifs (C(OH)–C–C–N with tert-alkyl or cyclic N) is 1. The highest BCUT2D eigenvalue weighted by Crippen LogP contribution is 2.26. The Bertz CT molecular complexity index is 1030. The van der Waals surface area contributed by atoms with Crippen LogP contribution in [0.15, 0.2) is 42.9 Å². The third-order valence-electron chi connectivity index (χ3n) is 5.68. The largest absolute Gasteiger partial charge is 0.391 e. The first-order valence-electron chi connectivity index (χ1n) is 10.4. The summed E-state index contributed by atoms with van der Waals surface area (Å²) in [6.07, 6.45) is 5.56. The Balaban J connectivity index is 1.44. The van der Waals surface area contributed by atoms with E-state index in [2.05, 4.69) is 31.4 Å². The van der Waals surface area contributed by atoms with E-state index in [4.69, 9.17) is 5.73 Å². The van der Waals surface area contributed by atoms with Crippen LogP contribution in [0.5, 0.6) is 0 Å². The number of aromatic nitrogens is 3. The molecule has 0 bridgehead atoms. The summed E-state index contributed by atoms with van der Waals surface area (Å²) in [6, 6.07) is 9.01. The Labute approximate surface area is 185 Å². The number of amides is 1. The summed E-state index contributed by atoms with van der Waals surface area (Å²) in [5.74, 6) is 1.37. The minimum absolute atomic E-state index is 0.288. The molecule has 9 heteroatoms. The van der Waals surface area contributed by atoms with Gasteiger partial charge in [-0.1, -0.05) is 30.3 Å². The minimum Gasteiger partial charge on any atom is -0.391 e. The molecule has 5 N–H and O–H groups in total. The quantitative estimate of drug-likeness (QED) is 0.420. The lowest BCUT2D eigenvalue weighted by molar-refractivity contribution is -0.117. The number of benzene rings is 1. The summed E-state index contributed by atoms with van der Waals surface area (Å²) in [7, 11) is 0. The summed E-state index contributed by atoms with van der Waals surface area (Å²) in [5, 5.41) is 13.1. The van der Waals surface area contributed by atoms with Crippen molar-refractivity contribution in [1.29, 1.82) is 0 Å². The van der Waals surface area contributed by atoms with Crippen molar-refractivity contribution < 1.29 is 9.90 Å². The lowest BCUT2D eigenvalue weighted by Gasteiger charge is -2.14. The molecule has 3 atom stereocenters. The van der Waals surface area contributed by atoms with Gasteiger partial charge in [-0.3, -0.25) is 9.69 Å². The predicted octanol–water partition coefficient (Wildman–Crippen LogP) is 1.62. The highest BCUT2D eigenvalue weighted by Gasteiger charge is 2.31. The number of thioether (sulfide) groups is 1. The van der Waals surface area contributed by atoms with Crippen molar-refractivity contribution in [2.75, 3.05) is 30.4 Å². The Morgan fingerprint density at radius 3 is 2.94 bits per heavy atom. The number of aromatic amines is 1. The maximum absolute atomic E-state index is 12.6. The number of likely N-dealkylation sites (tertiary alicyclic amines) is 1. The van der Waals surface area contributed by atoms with Gasteiger partial charge in [0.05, 0.1) is 17.7 Å². The molecule has 3 heterocycles. The summed E-state index contributed by atoms with van der Waals surface area (Å²) < 4.78 is 0. The van der Waals surface area contributed by atoms with E-state index in [9.17, 15) is 9.90 Å². The van der Waals surface area contributed by atoms with Crippen molar-refractivity contribution in [2.24, 2.45) is 11.7 Å². The third-order valence-corrected chi connectivity index (χ3v) is 6.44. The van der Waals surface area contributed by atoms with Crippen LogP contribution >= 0.6 is 11.8 Å². The second-order valence-corrected chi connectivity index (χ2v) is 8.93. The van der Waals surface area contributed by atoms with E-state index in [1.54, 1.807) is 11.8 Å². The van der Waals surface area contributed by atoms with Crippen LogP contribution in [0.25, 0.3) is 11.0 Å². The Hall–Kier alpha value is -2.46. The molecule has 1 aromatic carbocycles. The zero-order valence-electron chi connectivity index (χ0n) is 17.5. The number of aliphatic hydroxyl groups is 1. The van der Waals surface area contributed by atoms with E-state index in [-0.39, 0.29) is 17.9 Å². The molecule has 0 spiro atoms. The van der Waals surface area contributed by atoms with Crippen molar-refractivity contribution in [3.63, 3.8) is 0 Å². The molecule has 0 radical (unpaired) electrons. The molecule has 1 aliphatic rings. The lowest BCUT2D eigenvalue weighted by atomic mass is 10.1. The molecule has 1 fully saturated rings. The number of hydrogen-bond acceptors (Lipinski definition) is 7. The molecule has 164 valence electrons. The number of nitrogens with zero attached hydrogens (tertiary/aromatic N) is 3. The normalized spacial score (nSPS) is 20.2. The average molecular weight is 441 g/mol. The molecule has 3 aromatic rings. The second kappa shape index (κ2) is 9.78. The zero-order valence-corrected chi connectivity index (χ0v) is 18.3. The van der Waals surface area contributed by atoms with Crippen LogP contribution in [0.3, 0.4) is 0 Å². The molecular formula is C22H28N6O2S. The Kier molecular flexibility index (Phi) is 6.86. The van der Waals surface area contributed by atoms with Crippen molar-refractivity contribution in [3.8, 4) is 0 Å². The molecule has 0 saturated carbocycles. The fourth-order valence-corrected chi connectivity index (χ4v) is 4.82. The average Bonchev–Trinajstić information content (AvgIpc) is 3.33. The number of fused-ring (bicyclic) bond motifs is 1. The van der Waals surface area contributed by atoms with Crippen LogP contribution in [0.4, 0.5) is 5.82 Å². The van der Waals surface area contributed by atoms with Crippen LogP contribution in [-0.4, -0.2) is 68.1 Å². The van der Waals surface area contributed by atoms with Gasteiger partial charge in [0, 0.05) is 37.3 Å². The monoisotopic (exact) mass is 440 g/mol. The topological polar surface area (TPSA) is 120 Å². The van der Waals surface area contributed by atoms with E-state index in [1.807, 2.05) is 36.5 Å². The molecule has 31 heavy (non-hydrogen) atoms. The molecule has 1 aliphatic heterocycles. The van der Waals surface area contributed by atoms with Crippen molar-refractivity contribution in [1.82, 2.24) is 19.9 Å². The van der Waals surface area contributed by atoms with Gasteiger partial charge in [0.1, 0.15) is 11.8 Å².